The van der Waals surface area contributed by atoms with Crippen LogP contribution in [0.3, 0.4) is 0 Å². The number of carbonyl (C=O) groups is 1. The molecule has 0 aromatic heterocycles. The van der Waals surface area contributed by atoms with Crippen molar-refractivity contribution in [2.75, 3.05) is 5.73 Å². The Morgan fingerprint density at radius 3 is 2.42 bits per heavy atom. The second-order valence-corrected chi connectivity index (χ2v) is 4.75. The average molecular weight is 292 g/mol. The number of hydrogen-bond donors (Lipinski definition) is 1. The van der Waals surface area contributed by atoms with Crippen molar-refractivity contribution < 1.29 is 4.79 Å². The predicted molar refractivity (Wildman–Crippen MR) is 80.7 cm³/mol. The fraction of sp³-hybridized carbons (Fsp3) is 0. The van der Waals surface area contributed by atoms with Crippen molar-refractivity contribution in [3.63, 3.8) is 0 Å². The van der Waals surface area contributed by atoms with E-state index in [9.17, 15) is 4.79 Å². The standard InChI is InChI=1S/C15H11Cl2NO/c16-13-3-1-2-11(15(13)17)6-9-14(19)10-4-7-12(18)8-5-10/h1-9H,18H2/b9-6-. The number of nitrogen functional groups attached to an aromatic ring is 1. The number of anilines is 1. The molecule has 0 radical (unpaired) electrons. The number of benzene rings is 2. The third-order valence-corrected chi connectivity index (χ3v) is 3.42. The van der Waals surface area contributed by atoms with E-state index >= 15 is 0 Å². The highest BCUT2D eigenvalue weighted by molar-refractivity contribution is 6.42. The fourth-order valence-corrected chi connectivity index (χ4v) is 1.93. The molecule has 0 aliphatic rings. The number of nitrogens with two attached hydrogens (primary N) is 1. The molecule has 2 nitrogen and oxygen atoms in total. The van der Waals surface area contributed by atoms with E-state index in [1.165, 1.54) is 6.08 Å². The summed E-state index contributed by atoms with van der Waals surface area (Å²) in [5.41, 5.74) is 7.47. The lowest BCUT2D eigenvalue weighted by molar-refractivity contribution is 0.104. The highest BCUT2D eigenvalue weighted by atomic mass is 35.5. The summed E-state index contributed by atoms with van der Waals surface area (Å²) in [6.07, 6.45) is 3.11. The van der Waals surface area contributed by atoms with Gasteiger partial charge >= 0.3 is 0 Å². The summed E-state index contributed by atoms with van der Waals surface area (Å²) in [7, 11) is 0. The molecule has 2 aromatic carbocycles. The molecule has 0 fully saturated rings. The van der Waals surface area contributed by atoms with E-state index in [0.29, 0.717) is 26.9 Å². The van der Waals surface area contributed by atoms with Crippen LogP contribution in [0, 0.1) is 0 Å². The summed E-state index contributed by atoms with van der Waals surface area (Å²) in [5.74, 6) is -0.115. The first-order chi connectivity index (χ1) is 9.08. The quantitative estimate of drug-likeness (QED) is 0.515. The molecule has 0 aliphatic heterocycles. The lowest BCUT2D eigenvalue weighted by atomic mass is 10.1. The van der Waals surface area contributed by atoms with Crippen LogP contribution in [0.25, 0.3) is 6.08 Å². The van der Waals surface area contributed by atoms with Gasteiger partial charge in [-0.25, -0.2) is 0 Å². The number of ketones is 1. The summed E-state index contributed by atoms with van der Waals surface area (Å²) in [6, 6.07) is 12.0. The Bertz CT molecular complexity index is 633. The SMILES string of the molecule is Nc1ccc(C(=O)/C=C\c2cccc(Cl)c2Cl)cc1. The summed E-state index contributed by atoms with van der Waals surface area (Å²) in [5, 5.41) is 0.897. The number of carbonyl (C=O) groups excluding carboxylic acids is 1. The largest absolute Gasteiger partial charge is 0.399 e. The Hall–Kier alpha value is -1.77. The predicted octanol–water partition coefficient (Wildman–Crippen LogP) is 4.47. The maximum atomic E-state index is 11.9. The van der Waals surface area contributed by atoms with E-state index in [4.69, 9.17) is 28.9 Å². The summed E-state index contributed by atoms with van der Waals surface area (Å²) in [6.45, 7) is 0. The lowest BCUT2D eigenvalue weighted by Crippen LogP contribution is -1.94. The summed E-state index contributed by atoms with van der Waals surface area (Å²) >= 11 is 11.9. The second kappa shape index (κ2) is 5.91. The van der Waals surface area contributed by atoms with Gasteiger partial charge in [-0.05, 0) is 48.0 Å². The van der Waals surface area contributed by atoms with Crippen LogP contribution < -0.4 is 5.73 Å². The molecule has 0 amide bonds. The van der Waals surface area contributed by atoms with Gasteiger partial charge in [-0.15, -0.1) is 0 Å². The minimum atomic E-state index is -0.115. The minimum Gasteiger partial charge on any atom is -0.399 e. The maximum Gasteiger partial charge on any atom is 0.185 e. The van der Waals surface area contributed by atoms with Crippen molar-refractivity contribution in [2.45, 2.75) is 0 Å². The maximum absolute atomic E-state index is 11.9. The molecule has 2 aromatic rings. The molecular weight excluding hydrogens is 281 g/mol. The van der Waals surface area contributed by atoms with Crippen LogP contribution in [0.1, 0.15) is 15.9 Å². The average Bonchev–Trinajstić information content (AvgIpc) is 2.41. The van der Waals surface area contributed by atoms with Crippen LogP contribution in [0.4, 0.5) is 5.69 Å². The molecular formula is C15H11Cl2NO. The first-order valence-electron chi connectivity index (χ1n) is 5.60. The molecule has 0 spiro atoms. The Balaban J connectivity index is 2.21. The molecule has 0 unspecified atom stereocenters. The molecule has 2 N–H and O–H groups in total. The molecule has 0 bridgehead atoms. The van der Waals surface area contributed by atoms with Gasteiger partial charge in [0.25, 0.3) is 0 Å². The zero-order chi connectivity index (χ0) is 13.8. The van der Waals surface area contributed by atoms with Gasteiger partial charge < -0.3 is 5.73 Å². The van der Waals surface area contributed by atoms with Crippen molar-refractivity contribution >= 4 is 40.7 Å². The van der Waals surface area contributed by atoms with E-state index in [1.807, 2.05) is 0 Å². The van der Waals surface area contributed by atoms with Crippen LogP contribution in [0.5, 0.6) is 0 Å². The van der Waals surface area contributed by atoms with Crippen molar-refractivity contribution in [1.29, 1.82) is 0 Å². The van der Waals surface area contributed by atoms with Gasteiger partial charge in [0.05, 0.1) is 10.0 Å². The molecule has 2 rings (SSSR count). The molecule has 0 aliphatic carbocycles. The van der Waals surface area contributed by atoms with Gasteiger partial charge in [-0.2, -0.15) is 0 Å². The highest BCUT2D eigenvalue weighted by Gasteiger charge is 2.03. The van der Waals surface area contributed by atoms with Crippen LogP contribution >= 0.6 is 23.2 Å². The first-order valence-corrected chi connectivity index (χ1v) is 6.35. The van der Waals surface area contributed by atoms with Gasteiger partial charge in [0.1, 0.15) is 0 Å². The fourth-order valence-electron chi connectivity index (χ4n) is 1.56. The van der Waals surface area contributed by atoms with Crippen molar-refractivity contribution in [3.05, 3.63) is 69.7 Å². The van der Waals surface area contributed by atoms with E-state index in [2.05, 4.69) is 0 Å². The number of rotatable bonds is 3. The zero-order valence-electron chi connectivity index (χ0n) is 9.94. The Morgan fingerprint density at radius 2 is 1.74 bits per heavy atom. The van der Waals surface area contributed by atoms with Crippen LogP contribution in [-0.4, -0.2) is 5.78 Å². The third kappa shape index (κ3) is 3.37. The molecule has 0 saturated heterocycles. The van der Waals surface area contributed by atoms with E-state index in [1.54, 1.807) is 48.5 Å². The molecule has 19 heavy (non-hydrogen) atoms. The van der Waals surface area contributed by atoms with E-state index in [-0.39, 0.29) is 5.78 Å². The topological polar surface area (TPSA) is 43.1 Å². The minimum absolute atomic E-state index is 0.115. The van der Waals surface area contributed by atoms with Crippen LogP contribution in [-0.2, 0) is 0 Å². The Labute approximate surface area is 121 Å². The normalized spacial score (nSPS) is 10.8. The zero-order valence-corrected chi connectivity index (χ0v) is 11.4. The van der Waals surface area contributed by atoms with Crippen molar-refractivity contribution in [1.82, 2.24) is 0 Å². The highest BCUT2D eigenvalue weighted by Crippen LogP contribution is 2.26. The van der Waals surface area contributed by atoms with E-state index < -0.39 is 0 Å². The van der Waals surface area contributed by atoms with Gasteiger partial charge in [-0.3, -0.25) is 4.79 Å². The van der Waals surface area contributed by atoms with E-state index in [0.717, 1.165) is 0 Å². The molecule has 4 heteroatoms. The van der Waals surface area contributed by atoms with Crippen molar-refractivity contribution in [2.24, 2.45) is 0 Å². The first kappa shape index (κ1) is 13.7. The molecule has 0 saturated carbocycles. The second-order valence-electron chi connectivity index (χ2n) is 3.96. The van der Waals surface area contributed by atoms with Crippen molar-refractivity contribution in [3.8, 4) is 0 Å². The monoisotopic (exact) mass is 291 g/mol. The Kier molecular flexibility index (Phi) is 4.25. The van der Waals surface area contributed by atoms with Crippen LogP contribution in [0.2, 0.25) is 10.0 Å². The van der Waals surface area contributed by atoms with Gasteiger partial charge in [0.15, 0.2) is 5.78 Å². The molecule has 0 heterocycles. The van der Waals surface area contributed by atoms with Gasteiger partial charge in [-0.1, -0.05) is 35.3 Å². The third-order valence-electron chi connectivity index (χ3n) is 2.59. The van der Waals surface area contributed by atoms with Crippen LogP contribution in [0.15, 0.2) is 48.5 Å². The summed E-state index contributed by atoms with van der Waals surface area (Å²) in [4.78, 5) is 11.9. The lowest BCUT2D eigenvalue weighted by Gasteiger charge is -2.00. The number of hydrogen-bond acceptors (Lipinski definition) is 2. The smallest absolute Gasteiger partial charge is 0.185 e. The number of allylic oxidation sites excluding steroid dienone is 1. The van der Waals surface area contributed by atoms with Gasteiger partial charge in [0.2, 0.25) is 0 Å². The number of halogens is 2. The molecule has 96 valence electrons. The molecule has 0 atom stereocenters. The Morgan fingerprint density at radius 1 is 1.05 bits per heavy atom. The van der Waals surface area contributed by atoms with Gasteiger partial charge in [0, 0.05) is 11.3 Å². The summed E-state index contributed by atoms with van der Waals surface area (Å²) < 4.78 is 0.